The molecule has 0 spiro atoms. The Morgan fingerprint density at radius 3 is 2.44 bits per heavy atom. The highest BCUT2D eigenvalue weighted by molar-refractivity contribution is 6.32. The van der Waals surface area contributed by atoms with Gasteiger partial charge in [-0.25, -0.2) is 9.97 Å². The molecule has 4 N–H and O–H groups in total. The second kappa shape index (κ2) is 12.7. The molecule has 10 nitrogen and oxygen atoms in total. The minimum absolute atomic E-state index is 0.000301. The number of nitrogen functional groups attached to an aromatic ring is 1. The summed E-state index contributed by atoms with van der Waals surface area (Å²) in [5.41, 5.74) is 13.3. The van der Waals surface area contributed by atoms with E-state index in [4.69, 9.17) is 34.7 Å². The molecule has 2 aliphatic rings. The lowest BCUT2D eigenvalue weighted by atomic mass is 9.97. The van der Waals surface area contributed by atoms with E-state index in [-0.39, 0.29) is 22.6 Å². The highest BCUT2D eigenvalue weighted by Crippen LogP contribution is 2.30. The number of hydrogen-bond donors (Lipinski definition) is 2. The molecule has 12 heteroatoms. The second-order valence-corrected chi connectivity index (χ2v) is 11.4. The number of rotatable bonds is 8. The van der Waals surface area contributed by atoms with Gasteiger partial charge < -0.3 is 21.3 Å². The summed E-state index contributed by atoms with van der Waals surface area (Å²) in [6.07, 6.45) is 3.51. The van der Waals surface area contributed by atoms with Crippen LogP contribution >= 0.6 is 23.2 Å². The summed E-state index contributed by atoms with van der Waals surface area (Å²) in [7, 11) is 3.55. The average Bonchev–Trinajstić information content (AvgIpc) is 2.91. The van der Waals surface area contributed by atoms with Gasteiger partial charge in [0.2, 0.25) is 5.91 Å². The largest absolute Gasteiger partial charge is 0.382 e. The van der Waals surface area contributed by atoms with E-state index in [1.807, 2.05) is 12.1 Å². The Morgan fingerprint density at radius 2 is 1.79 bits per heavy atom. The lowest BCUT2D eigenvalue weighted by molar-refractivity contribution is -0.127. The maximum absolute atomic E-state index is 12.4. The molecule has 2 saturated heterocycles. The third kappa shape index (κ3) is 6.92. The molecule has 212 valence electrons. The van der Waals surface area contributed by atoms with Crippen LogP contribution in [0.15, 0.2) is 18.2 Å². The van der Waals surface area contributed by atoms with Gasteiger partial charge in [0.1, 0.15) is 0 Å². The molecular formula is C27H38Cl2N8O2. The van der Waals surface area contributed by atoms with Crippen molar-refractivity contribution in [1.29, 1.82) is 0 Å². The number of primary amides is 1. The molecule has 3 heterocycles. The number of likely N-dealkylation sites (N-methyl/N-ethyl adjacent to an activating group) is 1. The van der Waals surface area contributed by atoms with Gasteiger partial charge in [0.15, 0.2) is 22.5 Å². The quantitative estimate of drug-likeness (QED) is 0.491. The molecule has 0 saturated carbocycles. The zero-order valence-electron chi connectivity index (χ0n) is 22.9. The van der Waals surface area contributed by atoms with Gasteiger partial charge in [-0.1, -0.05) is 36.2 Å². The Morgan fingerprint density at radius 1 is 1.08 bits per heavy atom. The predicted octanol–water partition coefficient (Wildman–Crippen LogP) is 2.66. The number of anilines is 2. The number of aromatic nitrogens is 2. The van der Waals surface area contributed by atoms with E-state index < -0.39 is 5.91 Å². The van der Waals surface area contributed by atoms with E-state index in [9.17, 15) is 9.59 Å². The molecule has 39 heavy (non-hydrogen) atoms. The van der Waals surface area contributed by atoms with Crippen LogP contribution < -0.4 is 16.4 Å². The van der Waals surface area contributed by atoms with Gasteiger partial charge in [0.05, 0.1) is 6.42 Å². The van der Waals surface area contributed by atoms with Crippen LogP contribution in [0, 0.1) is 0 Å². The average molecular weight is 578 g/mol. The Bertz CT molecular complexity index is 1200. The van der Waals surface area contributed by atoms with Crippen LogP contribution in [0.3, 0.4) is 0 Å². The first-order valence-corrected chi connectivity index (χ1v) is 14.2. The highest BCUT2D eigenvalue weighted by Gasteiger charge is 2.34. The number of likely N-dealkylation sites (tertiary alicyclic amines) is 1. The summed E-state index contributed by atoms with van der Waals surface area (Å²) in [6.45, 7) is 7.38. The molecule has 2 aromatic rings. The van der Waals surface area contributed by atoms with Gasteiger partial charge in [-0.3, -0.25) is 19.4 Å². The van der Waals surface area contributed by atoms with Crippen molar-refractivity contribution in [2.45, 2.75) is 51.2 Å². The number of hydrogen-bond acceptors (Lipinski definition) is 8. The van der Waals surface area contributed by atoms with Crippen molar-refractivity contribution in [3.63, 3.8) is 0 Å². The number of carbonyl (C=O) groups is 2. The number of amides is 2. The van der Waals surface area contributed by atoms with Gasteiger partial charge in [0.25, 0.3) is 5.91 Å². The Balaban J connectivity index is 1.37. The monoisotopic (exact) mass is 576 g/mol. The van der Waals surface area contributed by atoms with Crippen molar-refractivity contribution in [3.05, 3.63) is 45.2 Å². The Labute approximate surface area is 240 Å². The molecule has 2 amide bonds. The van der Waals surface area contributed by atoms with Crippen molar-refractivity contribution >= 4 is 46.7 Å². The van der Waals surface area contributed by atoms with E-state index in [0.29, 0.717) is 29.3 Å². The normalized spacial score (nSPS) is 19.3. The van der Waals surface area contributed by atoms with Crippen LogP contribution in [0.4, 0.5) is 11.6 Å². The van der Waals surface area contributed by atoms with Crippen LogP contribution in [0.2, 0.25) is 10.2 Å². The van der Waals surface area contributed by atoms with Gasteiger partial charge in [-0.2, -0.15) is 0 Å². The molecule has 0 aliphatic carbocycles. The number of nitrogens with zero attached hydrogens (tertiary/aromatic N) is 6. The molecule has 2 aliphatic heterocycles. The maximum atomic E-state index is 12.4. The zero-order chi connectivity index (χ0) is 28.3. The molecule has 2 fully saturated rings. The first-order valence-electron chi connectivity index (χ1n) is 13.4. The number of carbonyl (C=O) groups excluding carboxylic acids is 2. The van der Waals surface area contributed by atoms with Gasteiger partial charge in [0, 0.05) is 57.4 Å². The van der Waals surface area contributed by atoms with Crippen molar-refractivity contribution in [2.24, 2.45) is 5.73 Å². The lowest BCUT2D eigenvalue weighted by Gasteiger charge is -2.47. The fraction of sp³-hybridized carbons (Fsp3) is 0.556. The van der Waals surface area contributed by atoms with E-state index in [2.05, 4.69) is 37.7 Å². The Kier molecular flexibility index (Phi) is 9.53. The van der Waals surface area contributed by atoms with Crippen molar-refractivity contribution in [3.8, 4) is 0 Å². The van der Waals surface area contributed by atoms with E-state index in [1.165, 1.54) is 0 Å². The molecule has 0 radical (unpaired) electrons. The third-order valence-corrected chi connectivity index (χ3v) is 8.31. The summed E-state index contributed by atoms with van der Waals surface area (Å²) >= 11 is 12.6. The summed E-state index contributed by atoms with van der Waals surface area (Å²) in [4.78, 5) is 41.2. The highest BCUT2D eigenvalue weighted by atomic mass is 35.5. The minimum atomic E-state index is -0.745. The smallest absolute Gasteiger partial charge is 0.271 e. The van der Waals surface area contributed by atoms with E-state index in [0.717, 1.165) is 69.7 Å². The van der Waals surface area contributed by atoms with Gasteiger partial charge >= 0.3 is 0 Å². The number of benzene rings is 1. The number of halogens is 2. The summed E-state index contributed by atoms with van der Waals surface area (Å²) < 4.78 is 0. The third-order valence-electron chi connectivity index (χ3n) is 7.82. The van der Waals surface area contributed by atoms with Crippen LogP contribution in [-0.4, -0.2) is 95.4 Å². The lowest BCUT2D eigenvalue weighted by Crippen LogP contribution is -2.58. The van der Waals surface area contributed by atoms with E-state index >= 15 is 0 Å². The SMILES string of the molecule is CC[C@H]1CN(c2nc(N)c(C(N)=O)nc2Cl)CCN1C1CCN(Cc2ccc(Cl)cc2CC(=O)N(C)C)CC1. The zero-order valence-corrected chi connectivity index (χ0v) is 24.4. The number of piperidine rings is 1. The summed E-state index contributed by atoms with van der Waals surface area (Å²) in [5, 5.41) is 0.797. The van der Waals surface area contributed by atoms with Crippen LogP contribution in [0.25, 0.3) is 0 Å². The molecular weight excluding hydrogens is 539 g/mol. The van der Waals surface area contributed by atoms with Crippen LogP contribution in [0.1, 0.15) is 47.8 Å². The first-order chi connectivity index (χ1) is 18.6. The molecule has 0 unspecified atom stereocenters. The van der Waals surface area contributed by atoms with Crippen LogP contribution in [-0.2, 0) is 17.8 Å². The first kappa shape index (κ1) is 29.3. The summed E-state index contributed by atoms with van der Waals surface area (Å²) in [5.74, 6) is -0.176. The molecule has 0 bridgehead atoms. The molecule has 1 aromatic carbocycles. The fourth-order valence-electron chi connectivity index (χ4n) is 5.59. The van der Waals surface area contributed by atoms with Gasteiger partial charge in [-0.15, -0.1) is 0 Å². The Hall–Kier alpha value is -2.66. The van der Waals surface area contributed by atoms with E-state index in [1.54, 1.807) is 19.0 Å². The second-order valence-electron chi connectivity index (χ2n) is 10.6. The predicted molar refractivity (Wildman–Crippen MR) is 155 cm³/mol. The fourth-order valence-corrected chi connectivity index (χ4v) is 6.03. The van der Waals surface area contributed by atoms with Crippen LogP contribution in [0.5, 0.6) is 0 Å². The summed E-state index contributed by atoms with van der Waals surface area (Å²) in [6, 6.07) is 6.71. The molecule has 1 atom stereocenters. The van der Waals surface area contributed by atoms with Crippen molar-refractivity contribution < 1.29 is 9.59 Å². The van der Waals surface area contributed by atoms with Crippen molar-refractivity contribution in [1.82, 2.24) is 24.7 Å². The molecule has 1 aromatic heterocycles. The van der Waals surface area contributed by atoms with Crippen molar-refractivity contribution in [2.75, 3.05) is 57.5 Å². The number of piperazine rings is 1. The molecule has 4 rings (SSSR count). The number of nitrogens with two attached hydrogens (primary N) is 2. The maximum Gasteiger partial charge on any atom is 0.271 e. The van der Waals surface area contributed by atoms with Gasteiger partial charge in [-0.05, 0) is 55.6 Å². The minimum Gasteiger partial charge on any atom is -0.382 e. The topological polar surface area (TPSA) is 125 Å². The standard InChI is InChI=1S/C27H38Cl2N8O2/c1-4-20-16-36(27-24(29)32-23(26(31)39)25(30)33-27)11-12-37(20)21-7-9-35(10-8-21)15-17-5-6-19(28)13-18(17)14-22(38)34(2)3/h5-6,13,20-21H,4,7-12,14-16H2,1-3H3,(H2,30,33)(H2,31,39)/t20-/m0/s1.